The van der Waals surface area contributed by atoms with Crippen molar-refractivity contribution in [2.24, 2.45) is 0 Å². The van der Waals surface area contributed by atoms with Crippen LogP contribution in [-0.4, -0.2) is 44.9 Å². The van der Waals surface area contributed by atoms with Crippen LogP contribution in [0.1, 0.15) is 29.5 Å². The largest absolute Gasteiger partial charge is 0.507 e. The van der Waals surface area contributed by atoms with Crippen LogP contribution in [0.15, 0.2) is 59.0 Å². The van der Waals surface area contributed by atoms with Gasteiger partial charge in [0, 0.05) is 31.0 Å². The number of likely N-dealkylation sites (tertiary alicyclic amines) is 1. The van der Waals surface area contributed by atoms with Crippen LogP contribution in [0.25, 0.3) is 5.76 Å². The molecule has 1 aliphatic heterocycles. The predicted molar refractivity (Wildman–Crippen MR) is 117 cm³/mol. The van der Waals surface area contributed by atoms with Gasteiger partial charge in [-0.2, -0.15) is 0 Å². The molecule has 3 heterocycles. The summed E-state index contributed by atoms with van der Waals surface area (Å²) in [6, 6.07) is 7.29. The van der Waals surface area contributed by atoms with Gasteiger partial charge in [0.25, 0.3) is 11.7 Å². The number of carbonyl (C=O) groups excluding carboxylic acids is 2. The fourth-order valence-corrected chi connectivity index (χ4v) is 4.08. The molecule has 8 nitrogen and oxygen atoms in total. The first-order valence-corrected chi connectivity index (χ1v) is 10.4. The lowest BCUT2D eigenvalue weighted by Gasteiger charge is -2.23. The molecule has 1 aromatic carbocycles. The second-order valence-electron chi connectivity index (χ2n) is 7.44. The fraction of sp³-hybridized carbons (Fsp3) is 0.261. The van der Waals surface area contributed by atoms with Gasteiger partial charge < -0.3 is 23.7 Å². The Balaban J connectivity index is 1.72. The van der Waals surface area contributed by atoms with Crippen molar-refractivity contribution in [1.29, 1.82) is 0 Å². The molecule has 0 saturated carbocycles. The van der Waals surface area contributed by atoms with Gasteiger partial charge in [0.1, 0.15) is 29.1 Å². The Kier molecular flexibility index (Phi) is 6.05. The van der Waals surface area contributed by atoms with E-state index in [9.17, 15) is 14.7 Å². The van der Waals surface area contributed by atoms with Crippen molar-refractivity contribution >= 4 is 29.1 Å². The number of Topliss-reactive ketones (excluding diaryl/α,β-unsaturated/α-hetero) is 1. The summed E-state index contributed by atoms with van der Waals surface area (Å²) in [5.74, 6) is -0.292. The molecule has 0 aliphatic carbocycles. The summed E-state index contributed by atoms with van der Waals surface area (Å²) in [5.41, 5.74) is 0.272. The molecule has 1 N–H and O–H groups in total. The van der Waals surface area contributed by atoms with Gasteiger partial charge in [0.2, 0.25) is 0 Å². The average Bonchev–Trinajstić information content (AvgIpc) is 3.50. The van der Waals surface area contributed by atoms with E-state index in [0.29, 0.717) is 42.3 Å². The first-order valence-electron chi connectivity index (χ1n) is 10.0. The summed E-state index contributed by atoms with van der Waals surface area (Å²) < 4.78 is 12.8. The first kappa shape index (κ1) is 21.7. The molecule has 1 unspecified atom stereocenters. The quantitative estimate of drug-likeness (QED) is 0.329. The Labute approximate surface area is 189 Å². The Morgan fingerprint density at radius 2 is 2.06 bits per heavy atom. The number of ketones is 1. The lowest BCUT2D eigenvalue weighted by molar-refractivity contribution is -0.140. The van der Waals surface area contributed by atoms with Crippen molar-refractivity contribution in [2.45, 2.75) is 25.9 Å². The maximum Gasteiger partial charge on any atom is 0.295 e. The third-order valence-corrected chi connectivity index (χ3v) is 5.67. The van der Waals surface area contributed by atoms with Gasteiger partial charge >= 0.3 is 0 Å². The topological polar surface area (TPSA) is 97.8 Å². The van der Waals surface area contributed by atoms with E-state index in [-0.39, 0.29) is 16.4 Å². The van der Waals surface area contributed by atoms with Gasteiger partial charge in [-0.15, -0.1) is 0 Å². The molecule has 1 aliphatic rings. The number of carbonyl (C=O) groups is 2. The minimum atomic E-state index is -0.840. The van der Waals surface area contributed by atoms with Crippen LogP contribution in [0.2, 0.25) is 5.02 Å². The molecule has 2 aromatic heterocycles. The third-order valence-electron chi connectivity index (χ3n) is 5.37. The van der Waals surface area contributed by atoms with Gasteiger partial charge in [0.05, 0.1) is 24.0 Å². The molecular weight excluding hydrogens is 434 g/mol. The van der Waals surface area contributed by atoms with Gasteiger partial charge in [-0.05, 0) is 43.7 Å². The van der Waals surface area contributed by atoms with E-state index in [1.807, 2.05) is 10.8 Å². The number of imidazole rings is 1. The van der Waals surface area contributed by atoms with Crippen molar-refractivity contribution in [3.8, 4) is 5.75 Å². The maximum absolute atomic E-state index is 13.0. The number of rotatable bonds is 7. The van der Waals surface area contributed by atoms with Gasteiger partial charge in [0.15, 0.2) is 0 Å². The molecule has 1 saturated heterocycles. The molecule has 0 bridgehead atoms. The molecule has 166 valence electrons. The number of aliphatic hydroxyl groups excluding tert-OH is 1. The zero-order valence-corrected chi connectivity index (χ0v) is 18.4. The molecule has 0 radical (unpaired) electrons. The summed E-state index contributed by atoms with van der Waals surface area (Å²) in [5, 5.41) is 11.3. The SMILES string of the molecule is COc1ccc(/C(O)=C2\C(=O)C(=O)N(CCCn3ccnc3)C2c2ccc(C)o2)cc1Cl. The maximum atomic E-state index is 13.0. The Hall–Kier alpha value is -3.52. The van der Waals surface area contributed by atoms with Crippen molar-refractivity contribution in [3.05, 3.63) is 76.7 Å². The zero-order valence-electron chi connectivity index (χ0n) is 17.6. The van der Waals surface area contributed by atoms with Gasteiger partial charge in [-0.1, -0.05) is 11.6 Å². The molecule has 32 heavy (non-hydrogen) atoms. The lowest BCUT2D eigenvalue weighted by Crippen LogP contribution is -2.31. The highest BCUT2D eigenvalue weighted by molar-refractivity contribution is 6.46. The molecule has 3 aromatic rings. The highest BCUT2D eigenvalue weighted by Crippen LogP contribution is 2.40. The van der Waals surface area contributed by atoms with Crippen LogP contribution >= 0.6 is 11.6 Å². The number of hydrogen-bond acceptors (Lipinski definition) is 6. The van der Waals surface area contributed by atoms with E-state index < -0.39 is 17.7 Å². The summed E-state index contributed by atoms with van der Waals surface area (Å²) >= 11 is 6.20. The van der Waals surface area contributed by atoms with E-state index in [1.54, 1.807) is 43.7 Å². The van der Waals surface area contributed by atoms with Crippen LogP contribution < -0.4 is 4.74 Å². The van der Waals surface area contributed by atoms with Crippen molar-refractivity contribution < 1.29 is 23.8 Å². The normalized spacial score (nSPS) is 17.8. The molecule has 4 rings (SSSR count). The zero-order chi connectivity index (χ0) is 22.8. The van der Waals surface area contributed by atoms with Crippen LogP contribution in [0.3, 0.4) is 0 Å². The number of amides is 1. The number of benzene rings is 1. The minimum Gasteiger partial charge on any atom is -0.507 e. The summed E-state index contributed by atoms with van der Waals surface area (Å²) in [7, 11) is 1.48. The van der Waals surface area contributed by atoms with E-state index >= 15 is 0 Å². The monoisotopic (exact) mass is 455 g/mol. The summed E-state index contributed by atoms with van der Waals surface area (Å²) in [6.07, 6.45) is 5.79. The second-order valence-corrected chi connectivity index (χ2v) is 7.85. The summed E-state index contributed by atoms with van der Waals surface area (Å²) in [4.78, 5) is 31.4. The number of halogens is 1. The molecule has 1 atom stereocenters. The summed E-state index contributed by atoms with van der Waals surface area (Å²) in [6.45, 7) is 2.70. The fourth-order valence-electron chi connectivity index (χ4n) is 3.82. The molecule has 1 fully saturated rings. The van der Waals surface area contributed by atoms with Crippen LogP contribution in [0.5, 0.6) is 5.75 Å². The number of methoxy groups -OCH3 is 1. The second kappa shape index (κ2) is 8.92. The molecule has 9 heteroatoms. The van der Waals surface area contributed by atoms with Crippen molar-refractivity contribution in [1.82, 2.24) is 14.5 Å². The number of aryl methyl sites for hydroxylation is 2. The number of aromatic nitrogens is 2. The molecule has 1 amide bonds. The van der Waals surface area contributed by atoms with Crippen molar-refractivity contribution in [3.63, 3.8) is 0 Å². The van der Waals surface area contributed by atoms with Gasteiger partial charge in [-0.25, -0.2) is 4.98 Å². The van der Waals surface area contributed by atoms with E-state index in [1.165, 1.54) is 18.1 Å². The number of aliphatic hydroxyl groups is 1. The Morgan fingerprint density at radius 1 is 1.25 bits per heavy atom. The van der Waals surface area contributed by atoms with Crippen LogP contribution in [0, 0.1) is 6.92 Å². The number of ether oxygens (including phenoxy) is 1. The smallest absolute Gasteiger partial charge is 0.295 e. The average molecular weight is 456 g/mol. The number of hydrogen-bond donors (Lipinski definition) is 1. The minimum absolute atomic E-state index is 0.0341. The van der Waals surface area contributed by atoms with Gasteiger partial charge in [-0.3, -0.25) is 9.59 Å². The van der Waals surface area contributed by atoms with Crippen LogP contribution in [-0.2, 0) is 16.1 Å². The Morgan fingerprint density at radius 3 is 2.69 bits per heavy atom. The van der Waals surface area contributed by atoms with E-state index in [0.717, 1.165) is 0 Å². The van der Waals surface area contributed by atoms with Crippen LogP contribution in [0.4, 0.5) is 0 Å². The predicted octanol–water partition coefficient (Wildman–Crippen LogP) is 3.96. The highest BCUT2D eigenvalue weighted by Gasteiger charge is 2.47. The standard InChI is InChI=1S/C23H22ClN3O5/c1-14-4-6-18(32-14)20-19(21(28)15-5-7-17(31-2)16(24)12-15)22(29)23(30)27(20)10-3-9-26-11-8-25-13-26/h4-8,11-13,20,28H,3,9-10H2,1-2H3/b21-19+. The first-order chi connectivity index (χ1) is 15.4. The number of nitrogens with zero attached hydrogens (tertiary/aromatic N) is 3. The highest BCUT2D eigenvalue weighted by atomic mass is 35.5. The van der Waals surface area contributed by atoms with Crippen molar-refractivity contribution in [2.75, 3.05) is 13.7 Å². The van der Waals surface area contributed by atoms with E-state index in [4.69, 9.17) is 20.8 Å². The lowest BCUT2D eigenvalue weighted by atomic mass is 9.99. The Bertz CT molecular complexity index is 1180. The molecule has 0 spiro atoms. The van der Waals surface area contributed by atoms with E-state index in [2.05, 4.69) is 4.98 Å². The third kappa shape index (κ3) is 4.01. The number of furan rings is 1. The molecular formula is C23H22ClN3O5.